The van der Waals surface area contributed by atoms with Crippen molar-refractivity contribution in [2.45, 2.75) is 25.5 Å². The maximum Gasteiger partial charge on any atom is 0.234 e. The van der Waals surface area contributed by atoms with Crippen LogP contribution < -0.4 is 5.32 Å². The number of amides is 1. The highest BCUT2D eigenvalue weighted by atomic mass is 79.9. The second kappa shape index (κ2) is 6.26. The molecule has 0 saturated carbocycles. The first-order valence-electron chi connectivity index (χ1n) is 5.27. The summed E-state index contributed by atoms with van der Waals surface area (Å²) in [6.07, 6.45) is 0. The number of carbonyl (C=O) groups is 1. The third-order valence-electron chi connectivity index (χ3n) is 1.91. The van der Waals surface area contributed by atoms with Crippen LogP contribution in [0.4, 0.5) is 10.1 Å². The van der Waals surface area contributed by atoms with E-state index in [1.807, 2.05) is 20.8 Å². The Morgan fingerprint density at radius 1 is 1.50 bits per heavy atom. The lowest BCUT2D eigenvalue weighted by molar-refractivity contribution is -0.113. The molecule has 18 heavy (non-hydrogen) atoms. The van der Waals surface area contributed by atoms with Crippen LogP contribution in [0.5, 0.6) is 0 Å². The van der Waals surface area contributed by atoms with Gasteiger partial charge in [-0.25, -0.2) is 4.39 Å². The van der Waals surface area contributed by atoms with Crippen LogP contribution in [0, 0.1) is 5.82 Å². The van der Waals surface area contributed by atoms with Crippen molar-refractivity contribution in [1.29, 1.82) is 0 Å². The summed E-state index contributed by atoms with van der Waals surface area (Å²) in [5.41, 5.74) is 0.401. The zero-order valence-corrected chi connectivity index (χ0v) is 13.5. The summed E-state index contributed by atoms with van der Waals surface area (Å²) >= 11 is 10.6. The topological polar surface area (TPSA) is 29.1 Å². The molecule has 6 heteroatoms. The molecular formula is C12H14BrClFNOS. The Hall–Kier alpha value is -0.260. The van der Waals surface area contributed by atoms with Crippen LogP contribution in [0.1, 0.15) is 20.8 Å². The van der Waals surface area contributed by atoms with E-state index in [1.165, 1.54) is 23.9 Å². The molecule has 0 bridgehead atoms. The quantitative estimate of drug-likeness (QED) is 0.851. The predicted octanol–water partition coefficient (Wildman–Crippen LogP) is 4.71. The van der Waals surface area contributed by atoms with E-state index >= 15 is 0 Å². The molecule has 100 valence electrons. The lowest BCUT2D eigenvalue weighted by Crippen LogP contribution is -2.19. The highest BCUT2D eigenvalue weighted by Crippen LogP contribution is 2.32. The summed E-state index contributed by atoms with van der Waals surface area (Å²) in [4.78, 5) is 11.7. The highest BCUT2D eigenvalue weighted by molar-refractivity contribution is 9.10. The molecule has 1 amide bonds. The largest absolute Gasteiger partial charge is 0.323 e. The number of nitrogens with one attached hydrogen (secondary N) is 1. The molecule has 0 atom stereocenters. The SMILES string of the molecule is CC(C)(C)SCC(=O)Nc1c(Cl)cc(F)cc1Br. The molecule has 1 rings (SSSR count). The van der Waals surface area contributed by atoms with E-state index in [2.05, 4.69) is 21.2 Å². The van der Waals surface area contributed by atoms with Gasteiger partial charge in [0, 0.05) is 9.22 Å². The molecule has 0 aliphatic heterocycles. The van der Waals surface area contributed by atoms with Crippen LogP contribution in [-0.4, -0.2) is 16.4 Å². The number of thioether (sulfide) groups is 1. The van der Waals surface area contributed by atoms with Crippen LogP contribution in [0.3, 0.4) is 0 Å². The lowest BCUT2D eigenvalue weighted by Gasteiger charge is -2.17. The van der Waals surface area contributed by atoms with Crippen LogP contribution in [-0.2, 0) is 4.79 Å². The number of rotatable bonds is 3. The Bertz CT molecular complexity index is 439. The van der Waals surface area contributed by atoms with Crippen molar-refractivity contribution in [3.63, 3.8) is 0 Å². The standard InChI is InChI=1S/C12H14BrClFNOS/c1-12(2,3)18-6-10(17)16-11-8(13)4-7(15)5-9(11)14/h4-5H,6H2,1-3H3,(H,16,17). The average Bonchev–Trinajstić information content (AvgIpc) is 2.19. The number of benzene rings is 1. The van der Waals surface area contributed by atoms with E-state index in [1.54, 1.807) is 0 Å². The summed E-state index contributed by atoms with van der Waals surface area (Å²) in [7, 11) is 0. The van der Waals surface area contributed by atoms with Gasteiger partial charge in [-0.2, -0.15) is 0 Å². The highest BCUT2D eigenvalue weighted by Gasteiger charge is 2.15. The van der Waals surface area contributed by atoms with Crippen molar-refractivity contribution in [3.8, 4) is 0 Å². The molecule has 0 heterocycles. The fraction of sp³-hybridized carbons (Fsp3) is 0.417. The molecule has 0 radical (unpaired) electrons. The minimum Gasteiger partial charge on any atom is -0.323 e. The van der Waals surface area contributed by atoms with Gasteiger partial charge in [-0.3, -0.25) is 4.79 Å². The van der Waals surface area contributed by atoms with Crippen molar-refractivity contribution in [2.75, 3.05) is 11.1 Å². The second-order valence-electron chi connectivity index (χ2n) is 4.69. The minimum atomic E-state index is -0.450. The van der Waals surface area contributed by atoms with E-state index in [-0.39, 0.29) is 15.7 Å². The Morgan fingerprint density at radius 2 is 2.11 bits per heavy atom. The molecule has 1 aromatic carbocycles. The van der Waals surface area contributed by atoms with Gasteiger partial charge < -0.3 is 5.32 Å². The van der Waals surface area contributed by atoms with Crippen molar-refractivity contribution in [2.24, 2.45) is 0 Å². The Kier molecular flexibility index (Phi) is 5.49. The molecule has 1 N–H and O–H groups in total. The number of carbonyl (C=O) groups excluding carboxylic acids is 1. The minimum absolute atomic E-state index is 0.0150. The Labute approximate surface area is 124 Å². The van der Waals surface area contributed by atoms with E-state index in [0.717, 1.165) is 0 Å². The first kappa shape index (κ1) is 15.8. The fourth-order valence-corrected chi connectivity index (χ4v) is 2.65. The third-order valence-corrected chi connectivity index (χ3v) is 4.10. The van der Waals surface area contributed by atoms with Gasteiger partial charge in [0.05, 0.1) is 16.5 Å². The zero-order chi connectivity index (χ0) is 13.9. The summed E-state index contributed by atoms with van der Waals surface area (Å²) in [5, 5.41) is 2.85. The van der Waals surface area contributed by atoms with Gasteiger partial charge in [0.25, 0.3) is 0 Å². The summed E-state index contributed by atoms with van der Waals surface area (Å²) in [6, 6.07) is 2.43. The molecule has 0 saturated heterocycles. The van der Waals surface area contributed by atoms with E-state index in [9.17, 15) is 9.18 Å². The monoisotopic (exact) mass is 353 g/mol. The second-order valence-corrected chi connectivity index (χ2v) is 7.76. The summed E-state index contributed by atoms with van der Waals surface area (Å²) in [6.45, 7) is 6.10. The average molecular weight is 355 g/mol. The van der Waals surface area contributed by atoms with Crippen LogP contribution in [0.25, 0.3) is 0 Å². The Balaban J connectivity index is 2.71. The predicted molar refractivity (Wildman–Crippen MR) is 80.0 cm³/mol. The van der Waals surface area contributed by atoms with Crippen molar-refractivity contribution in [3.05, 3.63) is 27.4 Å². The van der Waals surface area contributed by atoms with E-state index in [0.29, 0.717) is 15.9 Å². The Morgan fingerprint density at radius 3 is 2.61 bits per heavy atom. The maximum absolute atomic E-state index is 13.0. The normalized spacial score (nSPS) is 11.4. The van der Waals surface area contributed by atoms with Gasteiger partial charge in [0.1, 0.15) is 5.82 Å². The molecule has 2 nitrogen and oxygen atoms in total. The smallest absolute Gasteiger partial charge is 0.234 e. The molecular weight excluding hydrogens is 341 g/mol. The third kappa shape index (κ3) is 5.16. The van der Waals surface area contributed by atoms with Crippen molar-refractivity contribution >= 4 is 50.9 Å². The molecule has 0 unspecified atom stereocenters. The summed E-state index contributed by atoms with van der Waals surface area (Å²) in [5.74, 6) is -0.290. The zero-order valence-electron chi connectivity index (χ0n) is 10.3. The van der Waals surface area contributed by atoms with Crippen LogP contribution in [0.15, 0.2) is 16.6 Å². The summed E-state index contributed by atoms with van der Waals surface area (Å²) < 4.78 is 13.5. The maximum atomic E-state index is 13.0. The molecule has 1 aromatic rings. The number of anilines is 1. The van der Waals surface area contributed by atoms with E-state index < -0.39 is 5.82 Å². The number of hydrogen-bond acceptors (Lipinski definition) is 2. The van der Waals surface area contributed by atoms with E-state index in [4.69, 9.17) is 11.6 Å². The lowest BCUT2D eigenvalue weighted by atomic mass is 10.3. The van der Waals surface area contributed by atoms with Gasteiger partial charge in [0.2, 0.25) is 5.91 Å². The van der Waals surface area contributed by atoms with Crippen molar-refractivity contribution < 1.29 is 9.18 Å². The molecule has 0 fully saturated rings. The first-order chi connectivity index (χ1) is 8.19. The number of hydrogen-bond donors (Lipinski definition) is 1. The first-order valence-corrected chi connectivity index (χ1v) is 7.43. The van der Waals surface area contributed by atoms with Crippen LogP contribution in [0.2, 0.25) is 5.02 Å². The van der Waals surface area contributed by atoms with Gasteiger partial charge in [-0.15, -0.1) is 11.8 Å². The van der Waals surface area contributed by atoms with Gasteiger partial charge in [0.15, 0.2) is 0 Å². The molecule has 0 aliphatic carbocycles. The number of halogens is 3. The van der Waals surface area contributed by atoms with Gasteiger partial charge in [-0.1, -0.05) is 32.4 Å². The molecule has 0 aromatic heterocycles. The van der Waals surface area contributed by atoms with Gasteiger partial charge in [-0.05, 0) is 28.1 Å². The fourth-order valence-electron chi connectivity index (χ4n) is 1.12. The van der Waals surface area contributed by atoms with Crippen molar-refractivity contribution in [1.82, 2.24) is 0 Å². The molecule has 0 spiro atoms. The molecule has 0 aliphatic rings. The van der Waals surface area contributed by atoms with Crippen LogP contribution >= 0.6 is 39.3 Å². The van der Waals surface area contributed by atoms with Gasteiger partial charge >= 0.3 is 0 Å².